The van der Waals surface area contributed by atoms with Crippen LogP contribution in [0.1, 0.15) is 69.0 Å². The number of hydrogen-bond donors (Lipinski definition) is 1. The van der Waals surface area contributed by atoms with Crippen LogP contribution in [0, 0.1) is 0 Å². The van der Waals surface area contributed by atoms with E-state index in [1.807, 2.05) is 6.92 Å². The molecule has 6 nitrogen and oxygen atoms in total. The summed E-state index contributed by atoms with van der Waals surface area (Å²) in [7, 11) is 0. The van der Waals surface area contributed by atoms with Gasteiger partial charge in [0.05, 0.1) is 6.04 Å². The molecule has 1 aromatic heterocycles. The number of aromatic nitrogens is 2. The fourth-order valence-electron chi connectivity index (χ4n) is 3.19. The molecule has 0 unspecified atom stereocenters. The van der Waals surface area contributed by atoms with Crippen molar-refractivity contribution in [2.45, 2.75) is 69.4 Å². The fourth-order valence-corrected chi connectivity index (χ4v) is 3.19. The van der Waals surface area contributed by atoms with Crippen LogP contribution in [-0.4, -0.2) is 46.1 Å². The van der Waals surface area contributed by atoms with Gasteiger partial charge in [-0.05, 0) is 52.0 Å². The highest BCUT2D eigenvalue weighted by atomic mass is 16.5. The minimum absolute atomic E-state index is 0.0711. The van der Waals surface area contributed by atoms with Crippen LogP contribution in [0.3, 0.4) is 0 Å². The summed E-state index contributed by atoms with van der Waals surface area (Å²) < 4.78 is 5.39. The smallest absolute Gasteiger partial charge is 0.237 e. The van der Waals surface area contributed by atoms with Crippen molar-refractivity contribution in [2.75, 3.05) is 13.1 Å². The zero-order chi connectivity index (χ0) is 15.1. The fraction of sp³-hybridized carbons (Fsp3) is 0.812. The molecule has 120 valence electrons. The predicted octanol–water partition coefficient (Wildman–Crippen LogP) is 1.79. The summed E-state index contributed by atoms with van der Waals surface area (Å²) >= 11 is 0. The van der Waals surface area contributed by atoms with Gasteiger partial charge in [0.25, 0.3) is 0 Å². The van der Waals surface area contributed by atoms with E-state index >= 15 is 0 Å². The Hall–Kier alpha value is -1.43. The third-order valence-electron chi connectivity index (χ3n) is 5.05. The lowest BCUT2D eigenvalue weighted by molar-refractivity contribution is -0.126. The SMILES string of the molecule is C[C@@H](C(=O)NC1CC1)N1CCC[C@H](c2noc(C3CC3)n2)C1. The first-order chi connectivity index (χ1) is 10.7. The summed E-state index contributed by atoms with van der Waals surface area (Å²) in [5.74, 6) is 2.60. The molecule has 1 aromatic rings. The van der Waals surface area contributed by atoms with Crippen LogP contribution in [0.2, 0.25) is 0 Å². The van der Waals surface area contributed by atoms with E-state index < -0.39 is 0 Å². The summed E-state index contributed by atoms with van der Waals surface area (Å²) in [6.45, 7) is 3.83. The summed E-state index contributed by atoms with van der Waals surface area (Å²) in [5, 5.41) is 7.29. The molecule has 0 aromatic carbocycles. The Balaban J connectivity index is 1.38. The van der Waals surface area contributed by atoms with Crippen molar-refractivity contribution >= 4 is 5.91 Å². The van der Waals surface area contributed by atoms with Crippen LogP contribution in [0.25, 0.3) is 0 Å². The zero-order valence-corrected chi connectivity index (χ0v) is 13.1. The van der Waals surface area contributed by atoms with Gasteiger partial charge >= 0.3 is 0 Å². The van der Waals surface area contributed by atoms with Gasteiger partial charge in [-0.25, -0.2) is 0 Å². The molecule has 0 bridgehead atoms. The summed E-state index contributed by atoms with van der Waals surface area (Å²) in [6, 6.07) is 0.354. The van der Waals surface area contributed by atoms with E-state index in [9.17, 15) is 4.79 Å². The highest BCUT2D eigenvalue weighted by Crippen LogP contribution is 2.39. The van der Waals surface area contributed by atoms with Gasteiger partial charge in [0.15, 0.2) is 5.82 Å². The van der Waals surface area contributed by atoms with E-state index in [2.05, 4.69) is 20.4 Å². The number of rotatable bonds is 5. The molecule has 0 spiro atoms. The number of nitrogens with zero attached hydrogens (tertiary/aromatic N) is 3. The largest absolute Gasteiger partial charge is 0.352 e. The molecule has 1 saturated heterocycles. The molecule has 1 N–H and O–H groups in total. The van der Waals surface area contributed by atoms with E-state index in [1.54, 1.807) is 0 Å². The summed E-state index contributed by atoms with van der Waals surface area (Å²) in [4.78, 5) is 19.1. The van der Waals surface area contributed by atoms with Gasteiger partial charge in [-0.15, -0.1) is 0 Å². The quantitative estimate of drug-likeness (QED) is 0.898. The maximum atomic E-state index is 12.2. The van der Waals surface area contributed by atoms with Crippen LogP contribution < -0.4 is 5.32 Å². The van der Waals surface area contributed by atoms with Crippen LogP contribution in [0.5, 0.6) is 0 Å². The molecule has 3 aliphatic rings. The molecule has 2 saturated carbocycles. The number of amides is 1. The predicted molar refractivity (Wildman–Crippen MR) is 80.4 cm³/mol. The molecule has 4 rings (SSSR count). The van der Waals surface area contributed by atoms with E-state index in [1.165, 1.54) is 12.8 Å². The number of carbonyl (C=O) groups excluding carboxylic acids is 1. The number of nitrogens with one attached hydrogen (secondary N) is 1. The van der Waals surface area contributed by atoms with E-state index in [4.69, 9.17) is 4.52 Å². The third kappa shape index (κ3) is 3.02. The lowest BCUT2D eigenvalue weighted by atomic mass is 9.96. The average molecular weight is 304 g/mol. The molecule has 2 atom stereocenters. The van der Waals surface area contributed by atoms with Crippen molar-refractivity contribution in [3.05, 3.63) is 11.7 Å². The number of likely N-dealkylation sites (tertiary alicyclic amines) is 1. The second-order valence-electron chi connectivity index (χ2n) is 7.06. The van der Waals surface area contributed by atoms with Crippen LogP contribution >= 0.6 is 0 Å². The maximum absolute atomic E-state index is 12.2. The van der Waals surface area contributed by atoms with Crippen LogP contribution in [-0.2, 0) is 4.79 Å². The van der Waals surface area contributed by atoms with Crippen molar-refractivity contribution in [2.24, 2.45) is 0 Å². The lowest BCUT2D eigenvalue weighted by Crippen LogP contribution is -2.49. The first kappa shape index (κ1) is 14.2. The van der Waals surface area contributed by atoms with Crippen LogP contribution in [0.4, 0.5) is 0 Å². The molecule has 22 heavy (non-hydrogen) atoms. The Bertz CT molecular complexity index is 550. The molecule has 2 heterocycles. The number of hydrogen-bond acceptors (Lipinski definition) is 5. The summed E-state index contributed by atoms with van der Waals surface area (Å²) in [6.07, 6.45) is 6.78. The Labute approximate surface area is 130 Å². The molecule has 2 aliphatic carbocycles. The van der Waals surface area contributed by atoms with Gasteiger partial charge in [-0.1, -0.05) is 5.16 Å². The van der Waals surface area contributed by atoms with Gasteiger partial charge in [-0.3, -0.25) is 9.69 Å². The van der Waals surface area contributed by atoms with Gasteiger partial charge < -0.3 is 9.84 Å². The van der Waals surface area contributed by atoms with Gasteiger partial charge in [0.1, 0.15) is 0 Å². The van der Waals surface area contributed by atoms with Crippen LogP contribution in [0.15, 0.2) is 4.52 Å². The lowest BCUT2D eigenvalue weighted by Gasteiger charge is -2.34. The molecular formula is C16H24N4O2. The van der Waals surface area contributed by atoms with Crippen molar-refractivity contribution in [3.63, 3.8) is 0 Å². The zero-order valence-electron chi connectivity index (χ0n) is 13.1. The average Bonchev–Trinajstić information content (AvgIpc) is 3.47. The van der Waals surface area contributed by atoms with E-state index in [0.29, 0.717) is 17.9 Å². The van der Waals surface area contributed by atoms with Crippen molar-refractivity contribution in [1.82, 2.24) is 20.4 Å². The minimum atomic E-state index is -0.0711. The highest BCUT2D eigenvalue weighted by Gasteiger charge is 2.34. The molecule has 1 amide bonds. The Morgan fingerprint density at radius 3 is 2.82 bits per heavy atom. The Morgan fingerprint density at radius 2 is 2.09 bits per heavy atom. The van der Waals surface area contributed by atoms with E-state index in [-0.39, 0.29) is 11.9 Å². The molecule has 3 fully saturated rings. The first-order valence-electron chi connectivity index (χ1n) is 8.58. The molecule has 0 radical (unpaired) electrons. The maximum Gasteiger partial charge on any atom is 0.237 e. The number of piperidine rings is 1. The monoisotopic (exact) mass is 304 g/mol. The Kier molecular flexibility index (Phi) is 3.64. The summed E-state index contributed by atoms with van der Waals surface area (Å²) in [5.41, 5.74) is 0. The normalized spacial score (nSPS) is 27.6. The second kappa shape index (κ2) is 5.65. The van der Waals surface area contributed by atoms with Gasteiger partial charge in [0, 0.05) is 24.4 Å². The van der Waals surface area contributed by atoms with Crippen molar-refractivity contribution < 1.29 is 9.32 Å². The van der Waals surface area contributed by atoms with Gasteiger partial charge in [0.2, 0.25) is 11.8 Å². The van der Waals surface area contributed by atoms with Gasteiger partial charge in [-0.2, -0.15) is 4.98 Å². The molecular weight excluding hydrogens is 280 g/mol. The molecule has 1 aliphatic heterocycles. The first-order valence-corrected chi connectivity index (χ1v) is 8.58. The second-order valence-corrected chi connectivity index (χ2v) is 7.06. The number of carbonyl (C=O) groups is 1. The third-order valence-corrected chi connectivity index (χ3v) is 5.05. The minimum Gasteiger partial charge on any atom is -0.352 e. The van der Waals surface area contributed by atoms with E-state index in [0.717, 1.165) is 50.5 Å². The Morgan fingerprint density at radius 1 is 1.27 bits per heavy atom. The molecule has 6 heteroatoms. The highest BCUT2D eigenvalue weighted by molar-refractivity contribution is 5.81. The van der Waals surface area contributed by atoms with Crippen molar-refractivity contribution in [1.29, 1.82) is 0 Å². The topological polar surface area (TPSA) is 71.3 Å². The standard InChI is InChI=1S/C16H24N4O2/c1-10(15(21)17-13-6-7-13)20-8-2-3-12(9-20)14-18-16(22-19-14)11-4-5-11/h10-13H,2-9H2,1H3,(H,17,21)/t10-,12-/m0/s1. The van der Waals surface area contributed by atoms with Crippen molar-refractivity contribution in [3.8, 4) is 0 Å².